The number of rotatable bonds is 3. The molecule has 0 aliphatic heterocycles. The zero-order chi connectivity index (χ0) is 19.0. The van der Waals surface area contributed by atoms with Crippen LogP contribution in [0.5, 0.6) is 0 Å². The fraction of sp³-hybridized carbons (Fsp3) is 0.250. The Morgan fingerprint density at radius 3 is 1.27 bits per heavy atom. The quantitative estimate of drug-likeness (QED) is 0.427. The molecule has 3 aromatic carbocycles. The van der Waals surface area contributed by atoms with Crippen LogP contribution in [0, 0.1) is 41.5 Å². The molecule has 0 saturated carbocycles. The van der Waals surface area contributed by atoms with E-state index >= 15 is 0 Å². The van der Waals surface area contributed by atoms with Crippen molar-refractivity contribution in [3.8, 4) is 22.3 Å². The fourth-order valence-corrected chi connectivity index (χ4v) is 6.15. The molecule has 0 amide bonds. The fourth-order valence-electron chi connectivity index (χ4n) is 4.22. The maximum atomic E-state index is 6.57. The SMILES string of the molecule is Cc1cc(C)c(-c2cccc(-c3c(C)cc(C)cc3C)c2[Se]Cl)c(C)c1. The molecule has 3 aromatic rings. The van der Waals surface area contributed by atoms with Gasteiger partial charge in [0.25, 0.3) is 0 Å². The van der Waals surface area contributed by atoms with Crippen molar-refractivity contribution in [2.45, 2.75) is 41.5 Å². The molecule has 0 fully saturated rings. The molecule has 134 valence electrons. The minimum absolute atomic E-state index is 0.112. The van der Waals surface area contributed by atoms with Crippen LogP contribution < -0.4 is 4.46 Å². The van der Waals surface area contributed by atoms with Crippen LogP contribution in [-0.2, 0) is 0 Å². The molecule has 3 rings (SSSR count). The molecular formula is C24H25ClSe. The predicted molar refractivity (Wildman–Crippen MR) is 117 cm³/mol. The zero-order valence-electron chi connectivity index (χ0n) is 16.3. The van der Waals surface area contributed by atoms with Crippen LogP contribution in [0.4, 0.5) is 0 Å². The normalized spacial score (nSPS) is 11.0. The molecule has 0 aromatic heterocycles. The average molecular weight is 428 g/mol. The van der Waals surface area contributed by atoms with Crippen LogP contribution in [0.2, 0.25) is 0 Å². The second-order valence-electron chi connectivity index (χ2n) is 7.31. The Kier molecular flexibility index (Phi) is 5.63. The van der Waals surface area contributed by atoms with Gasteiger partial charge in [-0.2, -0.15) is 0 Å². The number of aryl methyl sites for hydroxylation is 6. The van der Waals surface area contributed by atoms with Crippen molar-refractivity contribution in [2.24, 2.45) is 0 Å². The summed E-state index contributed by atoms with van der Waals surface area (Å²) in [6, 6.07) is 15.7. The molecular weight excluding hydrogens is 403 g/mol. The van der Waals surface area contributed by atoms with Gasteiger partial charge in [0.15, 0.2) is 0 Å². The van der Waals surface area contributed by atoms with E-state index in [1.54, 1.807) is 0 Å². The zero-order valence-corrected chi connectivity index (χ0v) is 18.8. The van der Waals surface area contributed by atoms with E-state index in [0.717, 1.165) is 0 Å². The molecule has 2 heteroatoms. The van der Waals surface area contributed by atoms with E-state index < -0.39 is 0 Å². The van der Waals surface area contributed by atoms with E-state index in [0.29, 0.717) is 0 Å². The van der Waals surface area contributed by atoms with E-state index in [2.05, 4.69) is 84.0 Å². The van der Waals surface area contributed by atoms with Gasteiger partial charge in [0.1, 0.15) is 0 Å². The van der Waals surface area contributed by atoms with Gasteiger partial charge in [0.2, 0.25) is 0 Å². The van der Waals surface area contributed by atoms with Gasteiger partial charge in [0, 0.05) is 0 Å². The first-order chi connectivity index (χ1) is 12.3. The minimum atomic E-state index is -0.112. The van der Waals surface area contributed by atoms with Gasteiger partial charge < -0.3 is 0 Å². The van der Waals surface area contributed by atoms with Gasteiger partial charge in [-0.3, -0.25) is 0 Å². The van der Waals surface area contributed by atoms with Crippen molar-refractivity contribution in [2.75, 3.05) is 0 Å². The van der Waals surface area contributed by atoms with E-state index in [4.69, 9.17) is 10.1 Å². The molecule has 0 spiro atoms. The molecule has 0 N–H and O–H groups in total. The number of hydrogen-bond acceptors (Lipinski definition) is 0. The predicted octanol–water partition coefficient (Wildman–Crippen LogP) is 6.35. The van der Waals surface area contributed by atoms with Gasteiger partial charge in [-0.05, 0) is 0 Å². The molecule has 0 bridgehead atoms. The average Bonchev–Trinajstić information content (AvgIpc) is 2.53. The van der Waals surface area contributed by atoms with Crippen LogP contribution in [0.1, 0.15) is 33.4 Å². The van der Waals surface area contributed by atoms with Crippen molar-refractivity contribution in [3.63, 3.8) is 0 Å². The van der Waals surface area contributed by atoms with Crippen LogP contribution in [-0.4, -0.2) is 14.0 Å². The summed E-state index contributed by atoms with van der Waals surface area (Å²) in [5, 5.41) is 0. The molecule has 0 saturated heterocycles. The molecule has 0 unspecified atom stereocenters. The topological polar surface area (TPSA) is 0 Å². The summed E-state index contributed by atoms with van der Waals surface area (Å²) < 4.78 is 1.28. The first-order valence-corrected chi connectivity index (χ1v) is 12.0. The summed E-state index contributed by atoms with van der Waals surface area (Å²) in [6.45, 7) is 13.1. The third-order valence-corrected chi connectivity index (χ3v) is 7.03. The molecule has 0 aliphatic carbocycles. The Balaban J connectivity index is 2.32. The maximum absolute atomic E-state index is 6.57. The third-order valence-electron chi connectivity index (χ3n) is 4.98. The molecule has 0 aliphatic rings. The Bertz CT molecular complexity index is 864. The number of benzene rings is 3. The second kappa shape index (κ2) is 7.61. The summed E-state index contributed by atoms with van der Waals surface area (Å²) in [6.07, 6.45) is 0. The van der Waals surface area contributed by atoms with E-state index in [9.17, 15) is 0 Å². The molecule has 0 radical (unpaired) electrons. The first kappa shape index (κ1) is 19.2. The van der Waals surface area contributed by atoms with Crippen molar-refractivity contribution in [1.82, 2.24) is 0 Å². The standard InChI is InChI=1S/C24H25ClSe/c1-14-10-16(3)22(17(4)11-14)20-8-7-9-21(24(20)26-25)23-18(5)12-15(2)13-19(23)6/h7-13H,1-6H3. The monoisotopic (exact) mass is 428 g/mol. The Morgan fingerprint density at radius 2 is 0.962 bits per heavy atom. The number of halogens is 1. The Hall–Kier alpha value is -1.53. The van der Waals surface area contributed by atoms with Crippen LogP contribution in [0.25, 0.3) is 22.3 Å². The van der Waals surface area contributed by atoms with Gasteiger partial charge in [-0.25, -0.2) is 0 Å². The summed E-state index contributed by atoms with van der Waals surface area (Å²) >= 11 is -0.112. The van der Waals surface area contributed by atoms with E-state index in [-0.39, 0.29) is 14.0 Å². The molecule has 26 heavy (non-hydrogen) atoms. The Labute approximate surface area is 168 Å². The summed E-state index contributed by atoms with van der Waals surface area (Å²) in [4.78, 5) is 0. The third kappa shape index (κ3) is 3.49. The van der Waals surface area contributed by atoms with Crippen molar-refractivity contribution in [3.05, 3.63) is 75.8 Å². The van der Waals surface area contributed by atoms with Crippen molar-refractivity contribution in [1.29, 1.82) is 0 Å². The Morgan fingerprint density at radius 1 is 0.615 bits per heavy atom. The van der Waals surface area contributed by atoms with Gasteiger partial charge in [-0.15, -0.1) is 0 Å². The van der Waals surface area contributed by atoms with Gasteiger partial charge >= 0.3 is 168 Å². The summed E-state index contributed by atoms with van der Waals surface area (Å²) in [5.74, 6) is 0. The van der Waals surface area contributed by atoms with Crippen molar-refractivity contribution < 1.29 is 0 Å². The molecule has 0 atom stereocenters. The first-order valence-electron chi connectivity index (χ1n) is 8.91. The van der Waals surface area contributed by atoms with Crippen LogP contribution in [0.15, 0.2) is 42.5 Å². The van der Waals surface area contributed by atoms with Crippen molar-refractivity contribution >= 4 is 28.6 Å². The number of hydrogen-bond donors (Lipinski definition) is 0. The van der Waals surface area contributed by atoms with Crippen LogP contribution in [0.3, 0.4) is 0 Å². The summed E-state index contributed by atoms with van der Waals surface area (Å²) in [7, 11) is 6.57. The molecule has 0 heterocycles. The van der Waals surface area contributed by atoms with Gasteiger partial charge in [-0.1, -0.05) is 0 Å². The van der Waals surface area contributed by atoms with E-state index in [1.165, 1.54) is 60.1 Å². The van der Waals surface area contributed by atoms with Gasteiger partial charge in [0.05, 0.1) is 0 Å². The van der Waals surface area contributed by atoms with Crippen LogP contribution >= 0.6 is 10.1 Å². The second-order valence-corrected chi connectivity index (χ2v) is 9.29. The van der Waals surface area contributed by atoms with E-state index in [1.807, 2.05) is 0 Å². The summed E-state index contributed by atoms with van der Waals surface area (Å²) in [5.41, 5.74) is 13.1. The molecule has 0 nitrogen and oxygen atoms in total.